The summed E-state index contributed by atoms with van der Waals surface area (Å²) in [5.41, 5.74) is 10.3. The molecule has 5 aromatic rings. The van der Waals surface area contributed by atoms with Gasteiger partial charge in [-0.05, 0) is 45.0 Å². The molecule has 0 fully saturated rings. The average Bonchev–Trinajstić information content (AvgIpc) is 3.06. The standard InChI is InChI=1S/C31H27N/c1-19(2)21-15-10-17-25-27-29(31(3,4)28(21)25)24-14-7-8-18-26(24)32-30(27)23-16-9-12-20-11-5-6-13-22(20)23/h5-19H,1-4H3. The minimum atomic E-state index is -0.0899. The first-order valence-electron chi connectivity index (χ1n) is 11.5. The Balaban J connectivity index is 1.82. The second kappa shape index (κ2) is 6.77. The van der Waals surface area contributed by atoms with Gasteiger partial charge in [-0.3, -0.25) is 0 Å². The van der Waals surface area contributed by atoms with Crippen molar-refractivity contribution < 1.29 is 0 Å². The molecule has 1 nitrogen and oxygen atoms in total. The molecule has 156 valence electrons. The summed E-state index contributed by atoms with van der Waals surface area (Å²) in [6.45, 7) is 9.39. The summed E-state index contributed by atoms with van der Waals surface area (Å²) in [6.07, 6.45) is 0. The summed E-state index contributed by atoms with van der Waals surface area (Å²) in [7, 11) is 0. The molecule has 0 radical (unpaired) electrons. The number of nitrogens with zero attached hydrogens (tertiary/aromatic N) is 1. The Morgan fingerprint density at radius 2 is 1.31 bits per heavy atom. The highest BCUT2D eigenvalue weighted by molar-refractivity contribution is 6.06. The van der Waals surface area contributed by atoms with E-state index in [1.165, 1.54) is 49.5 Å². The zero-order chi connectivity index (χ0) is 22.0. The van der Waals surface area contributed by atoms with Crippen LogP contribution in [0.25, 0.3) is 44.1 Å². The number of hydrogen-bond acceptors (Lipinski definition) is 1. The molecule has 0 saturated carbocycles. The van der Waals surface area contributed by atoms with Crippen molar-refractivity contribution in [2.75, 3.05) is 0 Å². The molecule has 1 aliphatic carbocycles. The Morgan fingerprint density at radius 3 is 2.12 bits per heavy atom. The van der Waals surface area contributed by atoms with Crippen molar-refractivity contribution in [2.45, 2.75) is 39.0 Å². The first-order valence-corrected chi connectivity index (χ1v) is 11.5. The van der Waals surface area contributed by atoms with Crippen molar-refractivity contribution in [1.82, 2.24) is 4.98 Å². The first-order chi connectivity index (χ1) is 15.5. The van der Waals surface area contributed by atoms with Gasteiger partial charge in [-0.1, -0.05) is 107 Å². The van der Waals surface area contributed by atoms with Crippen LogP contribution in [0, 0.1) is 0 Å². The molecule has 0 bridgehead atoms. The summed E-state index contributed by atoms with van der Waals surface area (Å²) in [5, 5.41) is 3.77. The predicted octanol–water partition coefficient (Wildman–Crippen LogP) is 8.48. The van der Waals surface area contributed by atoms with E-state index in [0.29, 0.717) is 5.92 Å². The lowest BCUT2D eigenvalue weighted by atomic mass is 9.77. The monoisotopic (exact) mass is 413 g/mol. The van der Waals surface area contributed by atoms with Crippen LogP contribution in [-0.4, -0.2) is 4.98 Å². The van der Waals surface area contributed by atoms with Crippen LogP contribution in [-0.2, 0) is 5.41 Å². The highest BCUT2D eigenvalue weighted by atomic mass is 14.7. The zero-order valence-corrected chi connectivity index (χ0v) is 19.1. The number of aromatic nitrogens is 1. The van der Waals surface area contributed by atoms with Crippen molar-refractivity contribution in [1.29, 1.82) is 0 Å². The summed E-state index contributed by atoms with van der Waals surface area (Å²) in [6, 6.07) is 30.7. The van der Waals surface area contributed by atoms with Crippen molar-refractivity contribution in [3.05, 3.63) is 102 Å². The molecule has 0 atom stereocenters. The average molecular weight is 414 g/mol. The van der Waals surface area contributed by atoms with Crippen LogP contribution in [0.1, 0.15) is 50.3 Å². The topological polar surface area (TPSA) is 12.9 Å². The van der Waals surface area contributed by atoms with E-state index in [0.717, 1.165) is 11.2 Å². The van der Waals surface area contributed by atoms with Crippen LogP contribution >= 0.6 is 0 Å². The van der Waals surface area contributed by atoms with Gasteiger partial charge >= 0.3 is 0 Å². The van der Waals surface area contributed by atoms with Crippen molar-refractivity contribution in [3.8, 4) is 22.4 Å². The van der Waals surface area contributed by atoms with Gasteiger partial charge in [0.05, 0.1) is 11.2 Å². The van der Waals surface area contributed by atoms with E-state index in [1.807, 2.05) is 0 Å². The number of para-hydroxylation sites is 1. The smallest absolute Gasteiger partial charge is 0.0797 e. The van der Waals surface area contributed by atoms with Crippen molar-refractivity contribution >= 4 is 21.7 Å². The summed E-state index contributed by atoms with van der Waals surface area (Å²) >= 11 is 0. The van der Waals surface area contributed by atoms with Crippen LogP contribution in [0.3, 0.4) is 0 Å². The van der Waals surface area contributed by atoms with Crippen LogP contribution in [0.5, 0.6) is 0 Å². The molecular weight excluding hydrogens is 386 g/mol. The third-order valence-electron chi connectivity index (χ3n) is 7.18. The van der Waals surface area contributed by atoms with Gasteiger partial charge < -0.3 is 0 Å². The van der Waals surface area contributed by atoms with E-state index in [-0.39, 0.29) is 5.41 Å². The third kappa shape index (κ3) is 2.54. The lowest BCUT2D eigenvalue weighted by Gasteiger charge is -2.27. The minimum absolute atomic E-state index is 0.0899. The van der Waals surface area contributed by atoms with E-state index in [4.69, 9.17) is 4.98 Å². The first kappa shape index (κ1) is 19.3. The Labute approximate surface area is 189 Å². The van der Waals surface area contributed by atoms with Crippen molar-refractivity contribution in [3.63, 3.8) is 0 Å². The molecule has 0 spiro atoms. The molecule has 1 heterocycles. The SMILES string of the molecule is CC(C)c1cccc2c1C(C)(C)c1c-2c(-c2cccc3ccccc23)nc2ccccc12. The third-order valence-corrected chi connectivity index (χ3v) is 7.18. The van der Waals surface area contributed by atoms with Gasteiger partial charge in [0.15, 0.2) is 0 Å². The number of pyridine rings is 1. The minimum Gasteiger partial charge on any atom is -0.247 e. The van der Waals surface area contributed by atoms with Gasteiger partial charge in [0.1, 0.15) is 0 Å². The fourth-order valence-corrected chi connectivity index (χ4v) is 5.83. The fraction of sp³-hybridized carbons (Fsp3) is 0.194. The van der Waals surface area contributed by atoms with Gasteiger partial charge in [0.25, 0.3) is 0 Å². The molecular formula is C31H27N. The summed E-state index contributed by atoms with van der Waals surface area (Å²) in [5.74, 6) is 0.471. The van der Waals surface area contributed by atoms with Gasteiger partial charge in [0.2, 0.25) is 0 Å². The Bertz CT molecular complexity index is 1520. The molecule has 0 N–H and O–H groups in total. The van der Waals surface area contributed by atoms with Crippen LogP contribution in [0.15, 0.2) is 84.9 Å². The van der Waals surface area contributed by atoms with Crippen molar-refractivity contribution in [2.24, 2.45) is 0 Å². The highest BCUT2D eigenvalue weighted by Gasteiger charge is 2.41. The number of hydrogen-bond donors (Lipinski definition) is 0. The molecule has 1 aliphatic rings. The molecule has 4 aromatic carbocycles. The summed E-state index contributed by atoms with van der Waals surface area (Å²) < 4.78 is 0. The Morgan fingerprint density at radius 1 is 0.656 bits per heavy atom. The maximum Gasteiger partial charge on any atom is 0.0797 e. The Kier molecular flexibility index (Phi) is 4.07. The van der Waals surface area contributed by atoms with E-state index < -0.39 is 0 Å². The number of fused-ring (bicyclic) bond motifs is 6. The van der Waals surface area contributed by atoms with Crippen LogP contribution in [0.4, 0.5) is 0 Å². The van der Waals surface area contributed by atoms with E-state index >= 15 is 0 Å². The largest absolute Gasteiger partial charge is 0.247 e. The van der Waals surface area contributed by atoms with Gasteiger partial charge in [-0.2, -0.15) is 0 Å². The lowest BCUT2D eigenvalue weighted by molar-refractivity contribution is 0.647. The number of benzene rings is 4. The lowest BCUT2D eigenvalue weighted by Crippen LogP contribution is -2.18. The molecule has 6 rings (SSSR count). The molecule has 0 aliphatic heterocycles. The second-order valence-corrected chi connectivity index (χ2v) is 9.80. The maximum absolute atomic E-state index is 5.31. The van der Waals surface area contributed by atoms with Crippen LogP contribution in [0.2, 0.25) is 0 Å². The van der Waals surface area contributed by atoms with E-state index in [2.05, 4.69) is 113 Å². The predicted molar refractivity (Wildman–Crippen MR) is 136 cm³/mol. The number of rotatable bonds is 2. The maximum atomic E-state index is 5.31. The fourth-order valence-electron chi connectivity index (χ4n) is 5.83. The van der Waals surface area contributed by atoms with Gasteiger partial charge in [-0.25, -0.2) is 4.98 Å². The quantitative estimate of drug-likeness (QED) is 0.283. The molecule has 0 saturated heterocycles. The second-order valence-electron chi connectivity index (χ2n) is 9.80. The van der Waals surface area contributed by atoms with Gasteiger partial charge in [0, 0.05) is 21.9 Å². The van der Waals surface area contributed by atoms with Gasteiger partial charge in [-0.15, -0.1) is 0 Å². The molecule has 0 amide bonds. The zero-order valence-electron chi connectivity index (χ0n) is 19.1. The molecule has 0 unspecified atom stereocenters. The van der Waals surface area contributed by atoms with Crippen LogP contribution < -0.4 is 0 Å². The molecule has 1 heteroatoms. The molecule has 1 aromatic heterocycles. The van der Waals surface area contributed by atoms with E-state index in [1.54, 1.807) is 0 Å². The molecule has 32 heavy (non-hydrogen) atoms. The Hall–Kier alpha value is -3.45. The normalized spacial score (nSPS) is 14.2. The highest BCUT2D eigenvalue weighted by Crippen LogP contribution is 2.56. The van der Waals surface area contributed by atoms with E-state index in [9.17, 15) is 0 Å². The summed E-state index contributed by atoms with van der Waals surface area (Å²) in [4.78, 5) is 5.31.